The molecule has 1 aliphatic carbocycles. The van der Waals surface area contributed by atoms with Gasteiger partial charge in [-0.25, -0.2) is 9.97 Å². The van der Waals surface area contributed by atoms with Crippen molar-refractivity contribution < 1.29 is 4.79 Å². The van der Waals surface area contributed by atoms with Gasteiger partial charge >= 0.3 is 0 Å². The van der Waals surface area contributed by atoms with Gasteiger partial charge in [0.25, 0.3) is 0 Å². The standard InChI is InChI=1S/C25H28N4O/c1-4-5-6-23(30)18-7-8-20-22(12-18)29(15-25(20)9-10-25)24-26-13-19(14-27-24)21-11-16(2)17(3)28-21/h7-8,11-14,16H,4-6,9-10,15H2,1-3H3. The van der Waals surface area contributed by atoms with Crippen molar-refractivity contribution >= 4 is 28.8 Å². The van der Waals surface area contributed by atoms with Gasteiger partial charge in [-0.1, -0.05) is 32.4 Å². The summed E-state index contributed by atoms with van der Waals surface area (Å²) in [7, 11) is 0. The molecule has 0 bridgehead atoms. The van der Waals surface area contributed by atoms with Gasteiger partial charge in [0.15, 0.2) is 5.78 Å². The molecule has 5 rings (SSSR count). The van der Waals surface area contributed by atoms with Crippen molar-refractivity contribution in [3.63, 3.8) is 0 Å². The molecule has 0 saturated heterocycles. The number of carbonyl (C=O) groups is 1. The second-order valence-corrected chi connectivity index (χ2v) is 8.99. The van der Waals surface area contributed by atoms with E-state index in [1.807, 2.05) is 18.5 Å². The minimum atomic E-state index is 0.215. The highest BCUT2D eigenvalue weighted by Gasteiger charge is 2.52. The molecule has 0 radical (unpaired) electrons. The van der Waals surface area contributed by atoms with Crippen LogP contribution in [-0.2, 0) is 5.41 Å². The first-order valence-corrected chi connectivity index (χ1v) is 11.1. The number of hydrogen-bond acceptors (Lipinski definition) is 5. The highest BCUT2D eigenvalue weighted by Crippen LogP contribution is 2.57. The van der Waals surface area contributed by atoms with E-state index >= 15 is 0 Å². The quantitative estimate of drug-likeness (QED) is 0.602. The third-order valence-electron chi connectivity index (χ3n) is 6.79. The van der Waals surface area contributed by atoms with Crippen molar-refractivity contribution in [1.82, 2.24) is 9.97 Å². The Balaban J connectivity index is 1.45. The Labute approximate surface area is 178 Å². The van der Waals surface area contributed by atoms with E-state index in [0.29, 0.717) is 18.3 Å². The number of allylic oxidation sites excluding steroid dienone is 1. The van der Waals surface area contributed by atoms with Gasteiger partial charge in [0.05, 0.1) is 5.70 Å². The van der Waals surface area contributed by atoms with Crippen molar-refractivity contribution in [2.45, 2.75) is 58.3 Å². The molecule has 0 amide bonds. The Morgan fingerprint density at radius 3 is 2.63 bits per heavy atom. The van der Waals surface area contributed by atoms with Gasteiger partial charge in [0, 0.05) is 59.2 Å². The maximum absolute atomic E-state index is 12.6. The maximum atomic E-state index is 12.6. The molecule has 0 N–H and O–H groups in total. The average Bonchev–Trinajstić information content (AvgIpc) is 3.37. The second kappa shape index (κ2) is 7.15. The molecule has 1 atom stereocenters. The molecule has 1 saturated carbocycles. The Morgan fingerprint density at radius 2 is 2.00 bits per heavy atom. The Hall–Kier alpha value is -2.82. The van der Waals surface area contributed by atoms with Gasteiger partial charge in [-0.15, -0.1) is 0 Å². The molecular formula is C25H28N4O. The monoisotopic (exact) mass is 400 g/mol. The largest absolute Gasteiger partial charge is 0.309 e. The Kier molecular flexibility index (Phi) is 4.57. The highest BCUT2D eigenvalue weighted by atomic mass is 16.1. The molecule has 3 aliphatic rings. The predicted octanol–water partition coefficient (Wildman–Crippen LogP) is 5.48. The number of aromatic nitrogens is 2. The summed E-state index contributed by atoms with van der Waals surface area (Å²) in [6.45, 7) is 7.21. The van der Waals surface area contributed by atoms with Gasteiger partial charge in [0.2, 0.25) is 5.95 Å². The first-order valence-electron chi connectivity index (χ1n) is 11.1. The normalized spacial score (nSPS) is 20.9. The fraction of sp³-hybridized carbons (Fsp3) is 0.440. The number of rotatable bonds is 6. The van der Waals surface area contributed by atoms with Gasteiger partial charge in [0.1, 0.15) is 0 Å². The van der Waals surface area contributed by atoms with Gasteiger partial charge in [-0.05, 0) is 43.9 Å². The smallest absolute Gasteiger partial charge is 0.229 e. The zero-order chi connectivity index (χ0) is 20.9. The Bertz CT molecular complexity index is 1060. The van der Waals surface area contributed by atoms with Crippen LogP contribution in [0.15, 0.2) is 41.7 Å². The van der Waals surface area contributed by atoms with Crippen LogP contribution >= 0.6 is 0 Å². The predicted molar refractivity (Wildman–Crippen MR) is 120 cm³/mol. The topological polar surface area (TPSA) is 58.5 Å². The van der Waals surface area contributed by atoms with Crippen LogP contribution in [0, 0.1) is 5.92 Å². The molecule has 1 aromatic carbocycles. The molecule has 3 heterocycles. The number of fused-ring (bicyclic) bond motifs is 2. The fourth-order valence-electron chi connectivity index (χ4n) is 4.53. The number of nitrogens with zero attached hydrogens (tertiary/aromatic N) is 4. The molecule has 1 aromatic heterocycles. The van der Waals surface area contributed by atoms with Crippen molar-refractivity contribution in [1.29, 1.82) is 0 Å². The molecule has 1 unspecified atom stereocenters. The first kappa shape index (κ1) is 19.2. The van der Waals surface area contributed by atoms with Crippen LogP contribution in [0.2, 0.25) is 0 Å². The average molecular weight is 401 g/mol. The molecule has 154 valence electrons. The lowest BCUT2D eigenvalue weighted by atomic mass is 9.96. The lowest BCUT2D eigenvalue weighted by molar-refractivity contribution is 0.0980. The van der Waals surface area contributed by atoms with Crippen LogP contribution in [-0.4, -0.2) is 28.0 Å². The maximum Gasteiger partial charge on any atom is 0.229 e. The summed E-state index contributed by atoms with van der Waals surface area (Å²) in [6, 6.07) is 6.24. The van der Waals surface area contributed by atoms with Crippen LogP contribution in [0.4, 0.5) is 11.6 Å². The van der Waals surface area contributed by atoms with E-state index < -0.39 is 0 Å². The van der Waals surface area contributed by atoms with Gasteiger partial charge in [-0.3, -0.25) is 9.79 Å². The molecule has 2 aromatic rings. The minimum Gasteiger partial charge on any atom is -0.309 e. The summed E-state index contributed by atoms with van der Waals surface area (Å²) in [4.78, 5) is 28.8. The van der Waals surface area contributed by atoms with E-state index in [9.17, 15) is 4.79 Å². The summed E-state index contributed by atoms with van der Waals surface area (Å²) >= 11 is 0. The fourth-order valence-corrected chi connectivity index (χ4v) is 4.53. The Morgan fingerprint density at radius 1 is 1.23 bits per heavy atom. The summed E-state index contributed by atoms with van der Waals surface area (Å²) in [5.74, 6) is 1.29. The van der Waals surface area contributed by atoms with Gasteiger partial charge < -0.3 is 4.90 Å². The number of unbranched alkanes of at least 4 members (excludes halogenated alkanes) is 1. The number of hydrogen-bond donors (Lipinski definition) is 0. The van der Waals surface area contributed by atoms with Crippen LogP contribution in [0.5, 0.6) is 0 Å². The van der Waals surface area contributed by atoms with E-state index in [0.717, 1.165) is 47.6 Å². The van der Waals surface area contributed by atoms with E-state index in [2.05, 4.69) is 48.9 Å². The molecule has 1 fully saturated rings. The minimum absolute atomic E-state index is 0.215. The van der Waals surface area contributed by atoms with Crippen molar-refractivity contribution in [2.75, 3.05) is 11.4 Å². The third-order valence-corrected chi connectivity index (χ3v) is 6.79. The molecule has 5 heteroatoms. The van der Waals surface area contributed by atoms with Crippen molar-refractivity contribution in [3.8, 4) is 0 Å². The number of benzene rings is 1. The number of Topliss-reactive ketones (excluding diaryl/α,β-unsaturated/α-hetero) is 1. The molecule has 30 heavy (non-hydrogen) atoms. The zero-order valence-corrected chi connectivity index (χ0v) is 18.0. The number of aliphatic imine (C=N–C) groups is 1. The van der Waals surface area contributed by atoms with Crippen LogP contribution < -0.4 is 4.90 Å². The summed E-state index contributed by atoms with van der Waals surface area (Å²) in [5, 5.41) is 0. The van der Waals surface area contributed by atoms with Crippen LogP contribution in [0.1, 0.15) is 74.4 Å². The molecule has 5 nitrogen and oxygen atoms in total. The number of carbonyl (C=O) groups excluding carboxylic acids is 1. The zero-order valence-electron chi connectivity index (χ0n) is 18.0. The van der Waals surface area contributed by atoms with Crippen molar-refractivity contribution in [2.24, 2.45) is 10.9 Å². The highest BCUT2D eigenvalue weighted by molar-refractivity contribution is 5.98. The van der Waals surface area contributed by atoms with Crippen LogP contribution in [0.3, 0.4) is 0 Å². The van der Waals surface area contributed by atoms with E-state index in [-0.39, 0.29) is 11.2 Å². The number of ketones is 1. The molecular weight excluding hydrogens is 372 g/mol. The SMILES string of the molecule is CCCCC(=O)c1ccc2c(c1)N(c1ncc(C3=CC(C)C(C)=N3)cn1)CC21CC1. The molecule has 1 spiro atoms. The third kappa shape index (κ3) is 3.17. The van der Waals surface area contributed by atoms with Crippen LogP contribution in [0.25, 0.3) is 5.70 Å². The van der Waals surface area contributed by atoms with E-state index in [4.69, 9.17) is 9.97 Å². The number of anilines is 2. The van der Waals surface area contributed by atoms with Crippen molar-refractivity contribution in [3.05, 3.63) is 53.4 Å². The van der Waals surface area contributed by atoms with E-state index in [1.54, 1.807) is 0 Å². The lowest BCUT2D eigenvalue weighted by Gasteiger charge is -2.18. The second-order valence-electron chi connectivity index (χ2n) is 8.99. The summed E-state index contributed by atoms with van der Waals surface area (Å²) in [6.07, 6.45) is 10.9. The summed E-state index contributed by atoms with van der Waals surface area (Å²) in [5.41, 5.74) is 6.49. The van der Waals surface area contributed by atoms with E-state index in [1.165, 1.54) is 18.4 Å². The lowest BCUT2D eigenvalue weighted by Crippen LogP contribution is -2.21. The first-order chi connectivity index (χ1) is 14.5. The summed E-state index contributed by atoms with van der Waals surface area (Å²) < 4.78 is 0. The van der Waals surface area contributed by atoms with Gasteiger partial charge in [-0.2, -0.15) is 0 Å². The molecule has 2 aliphatic heterocycles.